The zero-order valence-electron chi connectivity index (χ0n) is 13.4. The normalized spacial score (nSPS) is 13.2. The SMILES string of the molecule is CC(C)c1c2cccc(C(F)(F)F)c2cc2c(C(F)(F)F)cccc12. The first-order valence-corrected chi connectivity index (χ1v) is 7.64. The minimum absolute atomic E-state index is 0.206. The summed E-state index contributed by atoms with van der Waals surface area (Å²) in [5.74, 6) is -0.238. The van der Waals surface area contributed by atoms with Crippen LogP contribution in [0, 0.1) is 0 Å². The summed E-state index contributed by atoms with van der Waals surface area (Å²) < 4.78 is 80.2. The maximum Gasteiger partial charge on any atom is 0.417 e. The van der Waals surface area contributed by atoms with E-state index in [1.54, 1.807) is 13.8 Å². The average molecular weight is 356 g/mol. The molecule has 3 aromatic carbocycles. The topological polar surface area (TPSA) is 0 Å². The fourth-order valence-corrected chi connectivity index (χ4v) is 3.32. The van der Waals surface area contributed by atoms with Gasteiger partial charge in [-0.2, -0.15) is 26.3 Å². The van der Waals surface area contributed by atoms with Gasteiger partial charge < -0.3 is 0 Å². The third-order valence-corrected chi connectivity index (χ3v) is 4.27. The number of halogens is 6. The lowest BCUT2D eigenvalue weighted by atomic mass is 9.87. The summed E-state index contributed by atoms with van der Waals surface area (Å²) in [5.41, 5.74) is -1.36. The molecule has 0 heterocycles. The number of hydrogen-bond acceptors (Lipinski definition) is 0. The number of alkyl halides is 6. The van der Waals surface area contributed by atoms with Crippen molar-refractivity contribution in [2.24, 2.45) is 0 Å². The Hall–Kier alpha value is -2.24. The van der Waals surface area contributed by atoms with E-state index in [0.29, 0.717) is 16.3 Å². The van der Waals surface area contributed by atoms with Crippen LogP contribution in [0.5, 0.6) is 0 Å². The predicted molar refractivity (Wildman–Crippen MR) is 85.5 cm³/mol. The van der Waals surface area contributed by atoms with Crippen LogP contribution in [0.25, 0.3) is 21.5 Å². The Kier molecular flexibility index (Phi) is 3.97. The van der Waals surface area contributed by atoms with E-state index in [9.17, 15) is 26.3 Å². The smallest absolute Gasteiger partial charge is 0.166 e. The molecule has 0 atom stereocenters. The molecule has 0 fully saturated rings. The Morgan fingerprint density at radius 1 is 0.640 bits per heavy atom. The summed E-state index contributed by atoms with van der Waals surface area (Å²) in [6, 6.07) is 8.44. The van der Waals surface area contributed by atoms with E-state index in [4.69, 9.17) is 0 Å². The number of fused-ring (bicyclic) bond motifs is 2. The van der Waals surface area contributed by atoms with Gasteiger partial charge in [0.25, 0.3) is 0 Å². The molecular formula is C19H14F6. The molecule has 3 rings (SSSR count). The minimum atomic E-state index is -4.64. The molecule has 0 spiro atoms. The first-order valence-electron chi connectivity index (χ1n) is 7.64. The van der Waals surface area contributed by atoms with E-state index in [-0.39, 0.29) is 16.7 Å². The molecule has 0 radical (unpaired) electrons. The molecule has 0 aliphatic heterocycles. The summed E-state index contributed by atoms with van der Waals surface area (Å²) in [6.07, 6.45) is -9.29. The van der Waals surface area contributed by atoms with Crippen LogP contribution < -0.4 is 0 Å². The van der Waals surface area contributed by atoms with E-state index >= 15 is 0 Å². The average Bonchev–Trinajstić information content (AvgIpc) is 2.49. The zero-order valence-corrected chi connectivity index (χ0v) is 13.4. The van der Waals surface area contributed by atoms with Crippen LogP contribution in [0.3, 0.4) is 0 Å². The van der Waals surface area contributed by atoms with Crippen molar-refractivity contribution in [3.8, 4) is 0 Å². The Bertz CT molecular complexity index is 876. The lowest BCUT2D eigenvalue weighted by Gasteiger charge is -2.20. The molecule has 0 nitrogen and oxygen atoms in total. The maximum atomic E-state index is 13.4. The van der Waals surface area contributed by atoms with Crippen LogP contribution in [0.2, 0.25) is 0 Å². The molecule has 0 N–H and O–H groups in total. The number of rotatable bonds is 1. The highest BCUT2D eigenvalue weighted by Crippen LogP contribution is 2.43. The summed E-state index contributed by atoms with van der Waals surface area (Å²) in [4.78, 5) is 0. The van der Waals surface area contributed by atoms with Gasteiger partial charge in [0.05, 0.1) is 11.1 Å². The maximum absolute atomic E-state index is 13.4. The fraction of sp³-hybridized carbons (Fsp3) is 0.263. The number of hydrogen-bond donors (Lipinski definition) is 0. The first kappa shape index (κ1) is 17.6. The molecule has 0 aliphatic rings. The molecule has 0 saturated carbocycles. The summed E-state index contributed by atoms with van der Waals surface area (Å²) in [7, 11) is 0. The van der Waals surface area contributed by atoms with Crippen molar-refractivity contribution in [1.82, 2.24) is 0 Å². The van der Waals surface area contributed by atoms with Crippen molar-refractivity contribution in [3.63, 3.8) is 0 Å². The van der Waals surface area contributed by atoms with E-state index in [2.05, 4.69) is 0 Å². The Balaban J connectivity index is 2.59. The molecular weight excluding hydrogens is 342 g/mol. The van der Waals surface area contributed by atoms with Gasteiger partial charge >= 0.3 is 12.4 Å². The van der Waals surface area contributed by atoms with E-state index < -0.39 is 23.5 Å². The lowest BCUT2D eigenvalue weighted by molar-refractivity contribution is -0.136. The highest BCUT2D eigenvalue weighted by Gasteiger charge is 2.35. The molecule has 0 saturated heterocycles. The van der Waals surface area contributed by atoms with Crippen LogP contribution in [0.1, 0.15) is 36.5 Å². The highest BCUT2D eigenvalue weighted by atomic mass is 19.4. The van der Waals surface area contributed by atoms with Crippen molar-refractivity contribution in [3.05, 3.63) is 59.2 Å². The second kappa shape index (κ2) is 5.64. The van der Waals surface area contributed by atoms with Crippen molar-refractivity contribution in [2.45, 2.75) is 32.1 Å². The molecule has 25 heavy (non-hydrogen) atoms. The second-order valence-corrected chi connectivity index (χ2v) is 6.24. The number of benzene rings is 3. The van der Waals surface area contributed by atoms with Crippen LogP contribution >= 0.6 is 0 Å². The monoisotopic (exact) mass is 356 g/mol. The van der Waals surface area contributed by atoms with Gasteiger partial charge in [-0.05, 0) is 51.2 Å². The molecule has 0 amide bonds. The Morgan fingerprint density at radius 3 is 1.36 bits per heavy atom. The molecule has 3 aromatic rings. The zero-order chi connectivity index (χ0) is 18.6. The molecule has 0 unspecified atom stereocenters. The van der Waals surface area contributed by atoms with Gasteiger partial charge in [-0.15, -0.1) is 0 Å². The largest absolute Gasteiger partial charge is 0.417 e. The molecule has 0 aromatic heterocycles. The van der Waals surface area contributed by atoms with Crippen LogP contribution in [-0.4, -0.2) is 0 Å². The summed E-state index contributed by atoms with van der Waals surface area (Å²) in [5, 5.41) is 0.249. The Morgan fingerprint density at radius 2 is 1.04 bits per heavy atom. The van der Waals surface area contributed by atoms with E-state index in [1.807, 2.05) is 0 Å². The van der Waals surface area contributed by atoms with Crippen molar-refractivity contribution < 1.29 is 26.3 Å². The quantitative estimate of drug-likeness (QED) is 0.321. The van der Waals surface area contributed by atoms with Gasteiger partial charge in [0.1, 0.15) is 0 Å². The predicted octanol–water partition coefficient (Wildman–Crippen LogP) is 7.15. The minimum Gasteiger partial charge on any atom is -0.166 e. The molecule has 132 valence electrons. The summed E-state index contributed by atoms with van der Waals surface area (Å²) >= 11 is 0. The van der Waals surface area contributed by atoms with E-state index in [1.165, 1.54) is 24.3 Å². The van der Waals surface area contributed by atoms with Crippen LogP contribution in [-0.2, 0) is 12.4 Å². The van der Waals surface area contributed by atoms with Crippen molar-refractivity contribution >= 4 is 21.5 Å². The first-order chi connectivity index (χ1) is 11.5. The van der Waals surface area contributed by atoms with Gasteiger partial charge in [-0.25, -0.2) is 0 Å². The third-order valence-electron chi connectivity index (χ3n) is 4.27. The van der Waals surface area contributed by atoms with E-state index in [0.717, 1.165) is 18.2 Å². The van der Waals surface area contributed by atoms with Gasteiger partial charge in [-0.1, -0.05) is 38.1 Å². The molecule has 0 bridgehead atoms. The highest BCUT2D eigenvalue weighted by molar-refractivity contribution is 6.05. The van der Waals surface area contributed by atoms with Crippen LogP contribution in [0.15, 0.2) is 42.5 Å². The van der Waals surface area contributed by atoms with Gasteiger partial charge in [0, 0.05) is 0 Å². The molecule has 0 aliphatic carbocycles. The van der Waals surface area contributed by atoms with Gasteiger partial charge in [0.15, 0.2) is 0 Å². The fourth-order valence-electron chi connectivity index (χ4n) is 3.32. The van der Waals surface area contributed by atoms with Crippen molar-refractivity contribution in [1.29, 1.82) is 0 Å². The molecule has 6 heteroatoms. The standard InChI is InChI=1S/C19H14F6/c1-10(2)17-11-5-3-7-15(18(20,21)22)13(11)9-14-12(17)6-4-8-16(14)19(23,24)25/h3-10H,1-2H3. The second-order valence-electron chi connectivity index (χ2n) is 6.24. The van der Waals surface area contributed by atoms with Gasteiger partial charge in [0.2, 0.25) is 0 Å². The van der Waals surface area contributed by atoms with Crippen molar-refractivity contribution in [2.75, 3.05) is 0 Å². The third kappa shape index (κ3) is 2.94. The lowest BCUT2D eigenvalue weighted by Crippen LogP contribution is -2.09. The summed E-state index contributed by atoms with van der Waals surface area (Å²) in [6.45, 7) is 3.52. The van der Waals surface area contributed by atoms with Crippen LogP contribution in [0.4, 0.5) is 26.3 Å². The Labute approximate surface area is 140 Å². The van der Waals surface area contributed by atoms with Gasteiger partial charge in [-0.3, -0.25) is 0 Å².